The first-order valence-corrected chi connectivity index (χ1v) is 20.1. The van der Waals surface area contributed by atoms with Gasteiger partial charge in [-0.25, -0.2) is 24.7 Å². The monoisotopic (exact) mass is 816 g/mol. The minimum absolute atomic E-state index is 0.104. The summed E-state index contributed by atoms with van der Waals surface area (Å²) in [5.74, 6) is 0.675. The van der Waals surface area contributed by atoms with Gasteiger partial charge in [0.2, 0.25) is 0 Å². The smallest absolute Gasteiger partial charge is 0.326 e. The molecule has 2 bridgehead atoms. The van der Waals surface area contributed by atoms with Gasteiger partial charge in [-0.2, -0.15) is 0 Å². The average molecular weight is 818 g/mol. The van der Waals surface area contributed by atoms with Crippen molar-refractivity contribution in [3.8, 4) is 22.6 Å². The number of hydrogen-bond donors (Lipinski definition) is 1. The predicted octanol–water partition coefficient (Wildman–Crippen LogP) is 9.59. The number of carbonyl (C=O) groups is 2. The maximum Gasteiger partial charge on any atom is 0.326 e. The fourth-order valence-electron chi connectivity index (χ4n) is 9.18. The number of carbonyl (C=O) groups excluding carboxylic acids is 1. The SMILES string of the molecule is Cc1ccc2c(-n3ccnc3)cc(N3C(C(=O)O)CC[C@@H]3c3cccc(-c4cn(-c5cc(N6C7CCC6CC(=O)C7)nc6c(Cl)c(Cl)ccc56)cn4)c3)nc2c1Cl. The molecule has 3 aliphatic heterocycles. The van der Waals surface area contributed by atoms with Crippen molar-refractivity contribution in [3.63, 3.8) is 0 Å². The van der Waals surface area contributed by atoms with Gasteiger partial charge in [0.1, 0.15) is 23.5 Å². The normalized spacial score (nSPS) is 20.7. The van der Waals surface area contributed by atoms with Crippen LogP contribution in [0, 0.1) is 6.92 Å². The Balaban J connectivity index is 1.04. The van der Waals surface area contributed by atoms with Crippen LogP contribution < -0.4 is 9.80 Å². The molecule has 57 heavy (non-hydrogen) atoms. The lowest BCUT2D eigenvalue weighted by Gasteiger charge is -2.35. The van der Waals surface area contributed by atoms with E-state index >= 15 is 0 Å². The van der Waals surface area contributed by atoms with E-state index in [1.165, 1.54) is 0 Å². The Hall–Kier alpha value is -5.49. The number of fused-ring (bicyclic) bond motifs is 4. The Labute approximate surface area is 342 Å². The molecule has 0 radical (unpaired) electrons. The largest absolute Gasteiger partial charge is 0.480 e. The van der Waals surface area contributed by atoms with Gasteiger partial charge in [-0.05, 0) is 61.9 Å². The number of carboxylic acid groups (broad SMARTS) is 1. The number of ketones is 1. The molecule has 3 aromatic carbocycles. The molecule has 0 aliphatic carbocycles. The Kier molecular flexibility index (Phi) is 8.73. The fourth-order valence-corrected chi connectivity index (χ4v) is 9.75. The first kappa shape index (κ1) is 35.9. The average Bonchev–Trinajstić information content (AvgIpc) is 4.04. The van der Waals surface area contributed by atoms with Gasteiger partial charge in [0.15, 0.2) is 0 Å². The van der Waals surface area contributed by atoms with E-state index in [2.05, 4.69) is 22.0 Å². The number of imidazole rings is 2. The maximum atomic E-state index is 12.8. The first-order chi connectivity index (χ1) is 27.6. The molecule has 1 N–H and O–H groups in total. The summed E-state index contributed by atoms with van der Waals surface area (Å²) in [6.45, 7) is 1.93. The quantitative estimate of drug-likeness (QED) is 0.168. The minimum atomic E-state index is -0.914. The van der Waals surface area contributed by atoms with Crippen molar-refractivity contribution in [3.05, 3.63) is 118 Å². The molecule has 11 nitrogen and oxygen atoms in total. The molecular weight excluding hydrogens is 783 g/mol. The zero-order valence-electron chi connectivity index (χ0n) is 30.7. The van der Waals surface area contributed by atoms with E-state index in [1.807, 2.05) is 75.8 Å². The van der Waals surface area contributed by atoms with E-state index in [0.29, 0.717) is 63.4 Å². The Morgan fingerprint density at radius 1 is 0.789 bits per heavy atom. The van der Waals surface area contributed by atoms with Crippen LogP contribution in [0.4, 0.5) is 11.6 Å². The second-order valence-electron chi connectivity index (χ2n) is 15.2. The summed E-state index contributed by atoms with van der Waals surface area (Å²) in [7, 11) is 0. The number of aromatic nitrogens is 6. The maximum absolute atomic E-state index is 12.8. The van der Waals surface area contributed by atoms with Gasteiger partial charge in [0, 0.05) is 72.0 Å². The topological polar surface area (TPSA) is 122 Å². The van der Waals surface area contributed by atoms with Crippen molar-refractivity contribution in [1.29, 1.82) is 0 Å². The van der Waals surface area contributed by atoms with E-state index in [9.17, 15) is 14.7 Å². The summed E-state index contributed by atoms with van der Waals surface area (Å²) in [5, 5.41) is 13.5. The molecule has 3 aliphatic rings. The number of piperidine rings is 1. The van der Waals surface area contributed by atoms with E-state index < -0.39 is 12.0 Å². The Morgan fingerprint density at radius 3 is 2.21 bits per heavy atom. The van der Waals surface area contributed by atoms with Crippen molar-refractivity contribution in [1.82, 2.24) is 29.1 Å². The standard InChI is InChI=1S/C43H35Cl3N8O3/c1-23-5-8-29-35(51-14-13-47-21-51)18-38(50-41(29)39(23)45)54-33(11-12-34(54)43(56)57)25-4-2-3-24(15-25)32-20-52(22-48-32)36-19-37(49-42-30(36)9-10-31(44)40(42)46)53-26-6-7-27(53)17-28(55)16-26/h2-5,8-10,13-15,18-22,26-27,33-34H,6-7,11-12,16-17H2,1H3,(H,56,57)/t26?,27?,33-,34?/m1/s1. The molecule has 4 atom stereocenters. The van der Waals surface area contributed by atoms with Crippen LogP contribution in [0.15, 0.2) is 91.9 Å². The van der Waals surface area contributed by atoms with Crippen molar-refractivity contribution in [2.75, 3.05) is 9.80 Å². The zero-order valence-corrected chi connectivity index (χ0v) is 33.0. The van der Waals surface area contributed by atoms with Crippen LogP contribution >= 0.6 is 34.8 Å². The van der Waals surface area contributed by atoms with E-state index in [-0.39, 0.29) is 18.1 Å². The molecule has 3 unspecified atom stereocenters. The highest BCUT2D eigenvalue weighted by molar-refractivity contribution is 6.45. The summed E-state index contributed by atoms with van der Waals surface area (Å²) >= 11 is 20.2. The molecule has 10 rings (SSSR count). The first-order valence-electron chi connectivity index (χ1n) is 19.0. The third kappa shape index (κ3) is 6.02. The number of carboxylic acids is 1. The highest BCUT2D eigenvalue weighted by atomic mass is 35.5. The zero-order chi connectivity index (χ0) is 39.1. The van der Waals surface area contributed by atoms with Crippen LogP contribution in [0.1, 0.15) is 55.7 Å². The molecule has 0 saturated carbocycles. The molecule has 0 amide bonds. The highest BCUT2D eigenvalue weighted by Crippen LogP contribution is 2.44. The fraction of sp³-hybridized carbons (Fsp3) is 0.256. The molecular formula is C43H35Cl3N8O3. The van der Waals surface area contributed by atoms with Crippen LogP contribution in [0.2, 0.25) is 15.1 Å². The van der Waals surface area contributed by atoms with Gasteiger partial charge in [-0.3, -0.25) is 4.79 Å². The lowest BCUT2D eigenvalue weighted by Crippen LogP contribution is -2.43. The summed E-state index contributed by atoms with van der Waals surface area (Å²) in [4.78, 5) is 48.7. The predicted molar refractivity (Wildman–Crippen MR) is 222 cm³/mol. The van der Waals surface area contributed by atoms with E-state index in [0.717, 1.165) is 63.2 Å². The van der Waals surface area contributed by atoms with E-state index in [1.54, 1.807) is 24.9 Å². The van der Waals surface area contributed by atoms with Gasteiger partial charge in [-0.15, -0.1) is 0 Å². The second-order valence-corrected chi connectivity index (χ2v) is 16.4. The number of hydrogen-bond acceptors (Lipinski definition) is 8. The summed E-state index contributed by atoms with van der Waals surface area (Å²) in [5.41, 5.74) is 6.28. The Morgan fingerprint density at radius 2 is 1.49 bits per heavy atom. The number of rotatable bonds is 7. The Bertz CT molecular complexity index is 2750. The van der Waals surface area contributed by atoms with Crippen molar-refractivity contribution in [2.45, 2.75) is 69.6 Å². The number of anilines is 2. The van der Waals surface area contributed by atoms with Crippen LogP contribution in [0.25, 0.3) is 44.4 Å². The molecule has 3 saturated heterocycles. The van der Waals surface area contributed by atoms with Gasteiger partial charge >= 0.3 is 5.97 Å². The molecule has 286 valence electrons. The number of Topliss-reactive ketones (excluding diaryl/α,β-unsaturated/α-hetero) is 1. The lowest BCUT2D eigenvalue weighted by molar-refractivity contribution is -0.138. The molecule has 7 aromatic rings. The van der Waals surface area contributed by atoms with Crippen molar-refractivity contribution >= 4 is 80.0 Å². The molecule has 4 aromatic heterocycles. The minimum Gasteiger partial charge on any atom is -0.480 e. The van der Waals surface area contributed by atoms with Crippen molar-refractivity contribution < 1.29 is 14.7 Å². The summed E-state index contributed by atoms with van der Waals surface area (Å²) in [6.07, 6.45) is 13.0. The van der Waals surface area contributed by atoms with Crippen LogP contribution in [0.5, 0.6) is 0 Å². The number of pyridine rings is 2. The number of benzene rings is 3. The lowest BCUT2D eigenvalue weighted by atomic mass is 10.0. The third-order valence-corrected chi connectivity index (χ3v) is 13.1. The number of aryl methyl sites for hydroxylation is 1. The second kappa shape index (κ2) is 13.9. The van der Waals surface area contributed by atoms with Gasteiger partial charge in [0.25, 0.3) is 0 Å². The van der Waals surface area contributed by atoms with Gasteiger partial charge in [0.05, 0.1) is 61.9 Å². The highest BCUT2D eigenvalue weighted by Gasteiger charge is 2.42. The van der Waals surface area contributed by atoms with Crippen molar-refractivity contribution in [2.24, 2.45) is 0 Å². The van der Waals surface area contributed by atoms with Crippen LogP contribution in [-0.4, -0.2) is 64.1 Å². The van der Waals surface area contributed by atoms with E-state index in [4.69, 9.17) is 49.8 Å². The molecule has 3 fully saturated rings. The summed E-state index contributed by atoms with van der Waals surface area (Å²) < 4.78 is 3.87. The van der Waals surface area contributed by atoms with Gasteiger partial charge in [-0.1, -0.05) is 65.1 Å². The number of nitrogens with zero attached hydrogens (tertiary/aromatic N) is 8. The molecule has 0 spiro atoms. The van der Waals surface area contributed by atoms with Crippen LogP contribution in [-0.2, 0) is 9.59 Å². The van der Waals surface area contributed by atoms with Crippen LogP contribution in [0.3, 0.4) is 0 Å². The molecule has 14 heteroatoms. The number of halogens is 3. The summed E-state index contributed by atoms with van der Waals surface area (Å²) in [6, 6.07) is 18.8. The van der Waals surface area contributed by atoms with Gasteiger partial charge < -0.3 is 24.0 Å². The third-order valence-electron chi connectivity index (χ3n) is 11.9. The number of aliphatic carboxylic acids is 1. The molecule has 7 heterocycles.